The van der Waals surface area contributed by atoms with E-state index in [4.69, 9.17) is 10.5 Å². The highest BCUT2D eigenvalue weighted by atomic mass is 16.5. The van der Waals surface area contributed by atoms with Crippen molar-refractivity contribution in [2.24, 2.45) is 5.73 Å². The molecule has 4 heteroatoms. The molecule has 1 aromatic rings. The summed E-state index contributed by atoms with van der Waals surface area (Å²) in [5.74, 6) is 0.822. The molecule has 0 aliphatic rings. The van der Waals surface area contributed by atoms with Gasteiger partial charge in [0.1, 0.15) is 5.75 Å². The molecule has 0 aromatic heterocycles. The van der Waals surface area contributed by atoms with Crippen molar-refractivity contribution in [2.75, 3.05) is 12.4 Å². The number of benzene rings is 1. The average molecular weight is 194 g/mol. The Bertz CT molecular complexity index is 337. The molecular weight excluding hydrogens is 180 g/mol. The molecule has 4 nitrogen and oxygen atoms in total. The van der Waals surface area contributed by atoms with E-state index in [9.17, 15) is 4.79 Å². The van der Waals surface area contributed by atoms with Gasteiger partial charge in [-0.15, -0.1) is 0 Å². The van der Waals surface area contributed by atoms with Crippen LogP contribution >= 0.6 is 0 Å². The molecule has 2 amide bonds. The van der Waals surface area contributed by atoms with Gasteiger partial charge in [0.15, 0.2) is 0 Å². The van der Waals surface area contributed by atoms with Crippen LogP contribution in [0, 0.1) is 0 Å². The zero-order valence-corrected chi connectivity index (χ0v) is 8.33. The van der Waals surface area contributed by atoms with Crippen LogP contribution in [0.4, 0.5) is 10.5 Å². The van der Waals surface area contributed by atoms with Gasteiger partial charge in [-0.1, -0.05) is 6.92 Å². The fourth-order valence-electron chi connectivity index (χ4n) is 1.27. The van der Waals surface area contributed by atoms with E-state index in [-0.39, 0.29) is 0 Å². The summed E-state index contributed by atoms with van der Waals surface area (Å²) in [6.45, 7) is 2.02. The van der Waals surface area contributed by atoms with Gasteiger partial charge in [-0.05, 0) is 30.2 Å². The summed E-state index contributed by atoms with van der Waals surface area (Å²) >= 11 is 0. The number of hydrogen-bond acceptors (Lipinski definition) is 2. The van der Waals surface area contributed by atoms with E-state index < -0.39 is 6.03 Å². The number of carbonyl (C=O) groups excluding carboxylic acids is 1. The zero-order valence-electron chi connectivity index (χ0n) is 8.33. The lowest BCUT2D eigenvalue weighted by Crippen LogP contribution is -2.19. The first kappa shape index (κ1) is 10.4. The van der Waals surface area contributed by atoms with Gasteiger partial charge in [0.2, 0.25) is 0 Å². The SMILES string of the molecule is CCc1cc(NC(N)=O)ccc1OC. The topological polar surface area (TPSA) is 64.3 Å². The summed E-state index contributed by atoms with van der Waals surface area (Å²) in [6.07, 6.45) is 0.845. The van der Waals surface area contributed by atoms with Gasteiger partial charge in [0, 0.05) is 5.69 Å². The van der Waals surface area contributed by atoms with Crippen molar-refractivity contribution < 1.29 is 9.53 Å². The van der Waals surface area contributed by atoms with Crippen LogP contribution in [0.2, 0.25) is 0 Å². The van der Waals surface area contributed by atoms with Crippen molar-refractivity contribution in [3.05, 3.63) is 23.8 Å². The molecule has 3 N–H and O–H groups in total. The number of anilines is 1. The number of nitrogens with one attached hydrogen (secondary N) is 1. The Kier molecular flexibility index (Phi) is 3.34. The van der Waals surface area contributed by atoms with Gasteiger partial charge in [0.05, 0.1) is 7.11 Å². The molecule has 0 aliphatic heterocycles. The van der Waals surface area contributed by atoms with E-state index >= 15 is 0 Å². The number of rotatable bonds is 3. The van der Waals surface area contributed by atoms with Crippen LogP contribution in [0.15, 0.2) is 18.2 Å². The van der Waals surface area contributed by atoms with Crippen molar-refractivity contribution in [2.45, 2.75) is 13.3 Å². The fourth-order valence-corrected chi connectivity index (χ4v) is 1.27. The Balaban J connectivity index is 2.95. The summed E-state index contributed by atoms with van der Waals surface area (Å²) in [5.41, 5.74) is 6.74. The van der Waals surface area contributed by atoms with Crippen LogP contribution in [0.5, 0.6) is 5.75 Å². The second-order valence-electron chi connectivity index (χ2n) is 2.87. The van der Waals surface area contributed by atoms with E-state index in [1.807, 2.05) is 19.1 Å². The smallest absolute Gasteiger partial charge is 0.316 e. The first-order chi connectivity index (χ1) is 6.67. The molecule has 0 fully saturated rings. The van der Waals surface area contributed by atoms with Gasteiger partial charge in [-0.2, -0.15) is 0 Å². The predicted octanol–water partition coefficient (Wildman–Crippen LogP) is 1.75. The van der Waals surface area contributed by atoms with Crippen LogP contribution in [0.25, 0.3) is 0 Å². The lowest BCUT2D eigenvalue weighted by Gasteiger charge is -2.08. The second kappa shape index (κ2) is 4.50. The quantitative estimate of drug-likeness (QED) is 0.769. The Labute approximate surface area is 83.1 Å². The highest BCUT2D eigenvalue weighted by Crippen LogP contribution is 2.22. The molecule has 1 rings (SSSR count). The van der Waals surface area contributed by atoms with Gasteiger partial charge in [-0.25, -0.2) is 4.79 Å². The molecule has 0 aliphatic carbocycles. The number of urea groups is 1. The predicted molar refractivity (Wildman–Crippen MR) is 55.6 cm³/mol. The van der Waals surface area contributed by atoms with Gasteiger partial charge in [0.25, 0.3) is 0 Å². The molecule has 0 atom stereocenters. The number of hydrogen-bond donors (Lipinski definition) is 2. The minimum absolute atomic E-state index is 0.558. The summed E-state index contributed by atoms with van der Waals surface area (Å²) in [5, 5.41) is 2.51. The van der Waals surface area contributed by atoms with Crippen molar-refractivity contribution >= 4 is 11.7 Å². The maximum Gasteiger partial charge on any atom is 0.316 e. The van der Waals surface area contributed by atoms with Gasteiger partial charge in [-0.3, -0.25) is 0 Å². The Hall–Kier alpha value is -1.71. The molecule has 76 valence electrons. The van der Waals surface area contributed by atoms with Crippen LogP contribution in [0.3, 0.4) is 0 Å². The maximum absolute atomic E-state index is 10.6. The minimum atomic E-state index is -0.558. The largest absolute Gasteiger partial charge is 0.496 e. The van der Waals surface area contributed by atoms with Crippen LogP contribution in [0.1, 0.15) is 12.5 Å². The normalized spacial score (nSPS) is 9.57. The Morgan fingerprint density at radius 3 is 2.79 bits per heavy atom. The van der Waals surface area contributed by atoms with Crippen LogP contribution in [-0.4, -0.2) is 13.1 Å². The summed E-state index contributed by atoms with van der Waals surface area (Å²) < 4.78 is 5.15. The lowest BCUT2D eigenvalue weighted by molar-refractivity contribution is 0.259. The summed E-state index contributed by atoms with van der Waals surface area (Å²) in [4.78, 5) is 10.6. The second-order valence-corrected chi connectivity index (χ2v) is 2.87. The number of ether oxygens (including phenoxy) is 1. The van der Waals surface area contributed by atoms with Gasteiger partial charge < -0.3 is 15.8 Å². The molecule has 0 saturated heterocycles. The van der Waals surface area contributed by atoms with E-state index in [2.05, 4.69) is 5.32 Å². The molecular formula is C10H14N2O2. The summed E-state index contributed by atoms with van der Waals surface area (Å²) in [7, 11) is 1.62. The van der Waals surface area contributed by atoms with Crippen molar-refractivity contribution in [1.29, 1.82) is 0 Å². The lowest BCUT2D eigenvalue weighted by atomic mass is 10.1. The zero-order chi connectivity index (χ0) is 10.6. The Morgan fingerprint density at radius 1 is 1.57 bits per heavy atom. The average Bonchev–Trinajstić information content (AvgIpc) is 2.16. The highest BCUT2D eigenvalue weighted by molar-refractivity contribution is 5.88. The maximum atomic E-state index is 10.6. The van der Waals surface area contributed by atoms with Gasteiger partial charge >= 0.3 is 6.03 Å². The molecule has 0 unspecified atom stereocenters. The number of carbonyl (C=O) groups is 1. The first-order valence-corrected chi connectivity index (χ1v) is 4.40. The molecule has 14 heavy (non-hydrogen) atoms. The number of amides is 2. The van der Waals surface area contributed by atoms with E-state index in [0.717, 1.165) is 17.7 Å². The minimum Gasteiger partial charge on any atom is -0.496 e. The summed E-state index contributed by atoms with van der Waals surface area (Å²) in [6, 6.07) is 4.86. The molecule has 1 aromatic carbocycles. The first-order valence-electron chi connectivity index (χ1n) is 4.40. The number of primary amides is 1. The standard InChI is InChI=1S/C10H14N2O2/c1-3-7-6-8(12-10(11)13)4-5-9(7)14-2/h4-6H,3H2,1-2H3,(H3,11,12,13). The monoisotopic (exact) mass is 194 g/mol. The van der Waals surface area contributed by atoms with E-state index in [0.29, 0.717) is 5.69 Å². The molecule has 0 heterocycles. The van der Waals surface area contributed by atoms with Crippen molar-refractivity contribution in [3.8, 4) is 5.75 Å². The highest BCUT2D eigenvalue weighted by Gasteiger charge is 2.03. The fraction of sp³-hybridized carbons (Fsp3) is 0.300. The number of methoxy groups -OCH3 is 1. The number of aryl methyl sites for hydroxylation is 1. The van der Waals surface area contributed by atoms with E-state index in [1.54, 1.807) is 13.2 Å². The number of nitrogens with two attached hydrogens (primary N) is 1. The van der Waals surface area contributed by atoms with Crippen LogP contribution in [-0.2, 0) is 6.42 Å². The van der Waals surface area contributed by atoms with Crippen molar-refractivity contribution in [3.63, 3.8) is 0 Å². The Morgan fingerprint density at radius 2 is 2.29 bits per heavy atom. The van der Waals surface area contributed by atoms with E-state index in [1.165, 1.54) is 0 Å². The van der Waals surface area contributed by atoms with Crippen molar-refractivity contribution in [1.82, 2.24) is 0 Å². The molecule has 0 saturated carbocycles. The molecule has 0 bridgehead atoms. The third-order valence-electron chi connectivity index (χ3n) is 1.93. The third kappa shape index (κ3) is 2.39. The third-order valence-corrected chi connectivity index (χ3v) is 1.93. The molecule has 0 radical (unpaired) electrons. The van der Waals surface area contributed by atoms with Crippen LogP contribution < -0.4 is 15.8 Å². The molecule has 0 spiro atoms.